The number of nitrogens with zero attached hydrogens (tertiary/aromatic N) is 2. The molecule has 2 N–H and O–H groups in total. The van der Waals surface area contributed by atoms with Gasteiger partial charge in [-0.25, -0.2) is 5.43 Å². The monoisotopic (exact) mass is 426 g/mol. The zero-order valence-corrected chi connectivity index (χ0v) is 17.5. The molecular weight excluding hydrogens is 404 g/mol. The summed E-state index contributed by atoms with van der Waals surface area (Å²) >= 11 is 0. The van der Waals surface area contributed by atoms with Crippen LogP contribution in [0.3, 0.4) is 0 Å². The maximum atomic E-state index is 12.3. The number of benzene rings is 3. The largest absolute Gasteiger partial charge is 0.493 e. The first-order chi connectivity index (χ1) is 15.7. The van der Waals surface area contributed by atoms with Crippen LogP contribution in [0.25, 0.3) is 11.3 Å². The molecule has 4 aromatic rings. The van der Waals surface area contributed by atoms with Gasteiger partial charge in [0.15, 0.2) is 11.5 Å². The van der Waals surface area contributed by atoms with Crippen molar-refractivity contribution >= 4 is 12.1 Å². The molecule has 0 fully saturated rings. The molecule has 1 heterocycles. The van der Waals surface area contributed by atoms with E-state index in [0.717, 1.165) is 16.7 Å². The summed E-state index contributed by atoms with van der Waals surface area (Å²) in [6, 6.07) is 26.6. The van der Waals surface area contributed by atoms with Gasteiger partial charge < -0.3 is 9.47 Å². The van der Waals surface area contributed by atoms with Crippen LogP contribution in [0.15, 0.2) is 90.0 Å². The summed E-state index contributed by atoms with van der Waals surface area (Å²) in [5.41, 5.74) is 6.14. The van der Waals surface area contributed by atoms with Crippen molar-refractivity contribution in [2.24, 2.45) is 5.10 Å². The topological polar surface area (TPSA) is 88.6 Å². The molecule has 3 aromatic carbocycles. The lowest BCUT2D eigenvalue weighted by Crippen LogP contribution is -2.17. The summed E-state index contributed by atoms with van der Waals surface area (Å²) in [4.78, 5) is 12.3. The van der Waals surface area contributed by atoms with E-state index in [1.54, 1.807) is 19.4 Å². The van der Waals surface area contributed by atoms with Crippen LogP contribution in [0.5, 0.6) is 11.5 Å². The highest BCUT2D eigenvalue weighted by molar-refractivity contribution is 5.94. The Balaban J connectivity index is 1.42. The Morgan fingerprint density at radius 2 is 1.75 bits per heavy atom. The third kappa shape index (κ3) is 5.20. The van der Waals surface area contributed by atoms with Gasteiger partial charge in [0.2, 0.25) is 0 Å². The van der Waals surface area contributed by atoms with Crippen molar-refractivity contribution in [2.75, 3.05) is 7.11 Å². The lowest BCUT2D eigenvalue weighted by Gasteiger charge is -2.11. The normalized spacial score (nSPS) is 10.8. The molecular formula is C25H22N4O3. The van der Waals surface area contributed by atoms with Gasteiger partial charge in [0.05, 0.1) is 19.0 Å². The van der Waals surface area contributed by atoms with Crippen molar-refractivity contribution < 1.29 is 14.3 Å². The molecule has 4 rings (SSSR count). The van der Waals surface area contributed by atoms with E-state index in [1.165, 1.54) is 0 Å². The van der Waals surface area contributed by atoms with Crippen molar-refractivity contribution in [1.29, 1.82) is 0 Å². The number of carbonyl (C=O) groups excluding carboxylic acids is 1. The first-order valence-corrected chi connectivity index (χ1v) is 10.0. The van der Waals surface area contributed by atoms with Crippen LogP contribution in [-0.4, -0.2) is 29.4 Å². The number of hydrogen-bond donors (Lipinski definition) is 2. The van der Waals surface area contributed by atoms with E-state index in [-0.39, 0.29) is 5.91 Å². The van der Waals surface area contributed by atoms with E-state index >= 15 is 0 Å². The highest BCUT2D eigenvalue weighted by Gasteiger charge is 2.13. The highest BCUT2D eigenvalue weighted by Crippen LogP contribution is 2.32. The Labute approximate surface area is 185 Å². The lowest BCUT2D eigenvalue weighted by molar-refractivity contribution is 0.0950. The predicted octanol–water partition coefficient (Wildman–Crippen LogP) is 4.43. The number of aromatic nitrogens is 2. The number of nitrogens with one attached hydrogen (secondary N) is 2. The van der Waals surface area contributed by atoms with Crippen molar-refractivity contribution in [3.8, 4) is 22.8 Å². The summed E-state index contributed by atoms with van der Waals surface area (Å²) in [6.45, 7) is 0.437. The molecule has 0 bridgehead atoms. The molecule has 1 aromatic heterocycles. The summed E-state index contributed by atoms with van der Waals surface area (Å²) in [5.74, 6) is 0.828. The zero-order valence-electron chi connectivity index (χ0n) is 17.5. The van der Waals surface area contributed by atoms with Gasteiger partial charge in [-0.2, -0.15) is 10.2 Å². The number of H-pyrrole nitrogens is 1. The fourth-order valence-corrected chi connectivity index (χ4v) is 3.03. The van der Waals surface area contributed by atoms with E-state index in [1.807, 2.05) is 78.9 Å². The minimum Gasteiger partial charge on any atom is -0.493 e. The fourth-order valence-electron chi connectivity index (χ4n) is 3.03. The Morgan fingerprint density at radius 3 is 2.50 bits per heavy atom. The van der Waals surface area contributed by atoms with Gasteiger partial charge in [0.25, 0.3) is 5.91 Å². The number of rotatable bonds is 8. The van der Waals surface area contributed by atoms with Crippen molar-refractivity contribution in [1.82, 2.24) is 15.6 Å². The first kappa shape index (κ1) is 20.9. The van der Waals surface area contributed by atoms with Crippen molar-refractivity contribution in [3.63, 3.8) is 0 Å². The van der Waals surface area contributed by atoms with Crippen LogP contribution in [0.4, 0.5) is 0 Å². The van der Waals surface area contributed by atoms with E-state index in [4.69, 9.17) is 9.47 Å². The molecule has 0 radical (unpaired) electrons. The summed E-state index contributed by atoms with van der Waals surface area (Å²) in [7, 11) is 1.59. The Morgan fingerprint density at radius 1 is 1.00 bits per heavy atom. The standard InChI is InChI=1S/C25H22N4O3/c1-31-24-14-20(12-13-23(24)32-17-19-10-6-3-7-11-19)21-15-22(28-27-21)25(30)29-26-16-18-8-4-2-5-9-18/h2-16H,17H2,1H3,(H,27,28)(H,29,30)/b26-16-. The average molecular weight is 426 g/mol. The van der Waals surface area contributed by atoms with E-state index in [0.29, 0.717) is 29.5 Å². The van der Waals surface area contributed by atoms with Gasteiger partial charge in [0, 0.05) is 5.56 Å². The Bertz CT molecular complexity index is 1200. The SMILES string of the molecule is COc1cc(-c2cc(C(=O)N/N=C\c3ccccc3)[nH]n2)ccc1OCc1ccccc1. The number of ether oxygens (including phenoxy) is 2. The fraction of sp³-hybridized carbons (Fsp3) is 0.0800. The van der Waals surface area contributed by atoms with Crippen LogP contribution >= 0.6 is 0 Å². The quantitative estimate of drug-likeness (QED) is 0.322. The third-order valence-electron chi connectivity index (χ3n) is 4.70. The van der Waals surface area contributed by atoms with Crippen LogP contribution in [0.1, 0.15) is 21.6 Å². The van der Waals surface area contributed by atoms with E-state index in [2.05, 4.69) is 20.7 Å². The predicted molar refractivity (Wildman–Crippen MR) is 123 cm³/mol. The number of hydrazone groups is 1. The van der Waals surface area contributed by atoms with Crippen LogP contribution in [0, 0.1) is 0 Å². The molecule has 7 heteroatoms. The average Bonchev–Trinajstić information content (AvgIpc) is 3.34. The molecule has 7 nitrogen and oxygen atoms in total. The van der Waals surface area contributed by atoms with Crippen molar-refractivity contribution in [2.45, 2.75) is 6.61 Å². The molecule has 0 saturated carbocycles. The van der Waals surface area contributed by atoms with Gasteiger partial charge in [0.1, 0.15) is 12.3 Å². The molecule has 0 saturated heterocycles. The molecule has 0 spiro atoms. The molecule has 0 aliphatic heterocycles. The third-order valence-corrected chi connectivity index (χ3v) is 4.70. The van der Waals surface area contributed by atoms with Gasteiger partial charge >= 0.3 is 0 Å². The van der Waals surface area contributed by atoms with E-state index < -0.39 is 0 Å². The molecule has 0 unspecified atom stereocenters. The van der Waals surface area contributed by atoms with Gasteiger partial charge in [-0.1, -0.05) is 60.7 Å². The Hall–Kier alpha value is -4.39. The Kier molecular flexibility index (Phi) is 6.57. The van der Waals surface area contributed by atoms with E-state index in [9.17, 15) is 4.79 Å². The second kappa shape index (κ2) is 10.1. The van der Waals surface area contributed by atoms with Gasteiger partial charge in [-0.05, 0) is 35.4 Å². The first-order valence-electron chi connectivity index (χ1n) is 10.0. The second-order valence-corrected chi connectivity index (χ2v) is 6.92. The zero-order chi connectivity index (χ0) is 22.2. The summed E-state index contributed by atoms with van der Waals surface area (Å²) in [6.07, 6.45) is 1.58. The number of carbonyl (C=O) groups is 1. The molecule has 1 amide bonds. The lowest BCUT2D eigenvalue weighted by atomic mass is 10.1. The highest BCUT2D eigenvalue weighted by atomic mass is 16.5. The number of hydrogen-bond acceptors (Lipinski definition) is 5. The summed E-state index contributed by atoms with van der Waals surface area (Å²) < 4.78 is 11.4. The smallest absolute Gasteiger partial charge is 0.289 e. The van der Waals surface area contributed by atoms with Crippen molar-refractivity contribution in [3.05, 3.63) is 102 Å². The molecule has 0 aliphatic carbocycles. The maximum absolute atomic E-state index is 12.3. The number of amides is 1. The minimum atomic E-state index is -0.384. The molecule has 160 valence electrons. The maximum Gasteiger partial charge on any atom is 0.289 e. The van der Waals surface area contributed by atoms with Crippen LogP contribution < -0.4 is 14.9 Å². The number of methoxy groups -OCH3 is 1. The summed E-state index contributed by atoms with van der Waals surface area (Å²) in [5, 5.41) is 11.0. The second-order valence-electron chi connectivity index (χ2n) is 6.92. The molecule has 0 aliphatic rings. The van der Waals surface area contributed by atoms with Crippen LogP contribution in [0.2, 0.25) is 0 Å². The van der Waals surface area contributed by atoms with Gasteiger partial charge in [-0.3, -0.25) is 9.89 Å². The van der Waals surface area contributed by atoms with Gasteiger partial charge in [-0.15, -0.1) is 0 Å². The molecule has 0 atom stereocenters. The van der Waals surface area contributed by atoms with Crippen LogP contribution in [-0.2, 0) is 6.61 Å². The minimum absolute atomic E-state index is 0.300. The number of aromatic amines is 1. The molecule has 32 heavy (non-hydrogen) atoms.